The highest BCUT2D eigenvalue weighted by Crippen LogP contribution is 2.24. The first-order valence-corrected chi connectivity index (χ1v) is 6.04. The molecule has 0 radical (unpaired) electrons. The van der Waals surface area contributed by atoms with E-state index in [2.05, 4.69) is 14.9 Å². The predicted octanol–water partition coefficient (Wildman–Crippen LogP) is 1.35. The average Bonchev–Trinajstić information content (AvgIpc) is 2.31. The van der Waals surface area contributed by atoms with Gasteiger partial charge in [-0.05, 0) is 38.6 Å². The Bertz CT molecular complexity index is 332. The molecule has 1 aromatic rings. The number of hydrogen-bond donors (Lipinski definition) is 1. The van der Waals surface area contributed by atoms with Crippen LogP contribution < -0.4 is 10.6 Å². The van der Waals surface area contributed by atoms with Crippen molar-refractivity contribution in [1.82, 2.24) is 9.97 Å². The van der Waals surface area contributed by atoms with E-state index in [1.54, 1.807) is 12.4 Å². The van der Waals surface area contributed by atoms with Crippen LogP contribution in [0.4, 0.5) is 5.82 Å². The van der Waals surface area contributed by atoms with Crippen molar-refractivity contribution in [2.24, 2.45) is 11.7 Å². The molecule has 0 saturated carbocycles. The molecule has 0 amide bonds. The molecular formula is C12H20N4. The number of rotatable bonds is 3. The van der Waals surface area contributed by atoms with Gasteiger partial charge in [-0.3, -0.25) is 4.98 Å². The average molecular weight is 220 g/mol. The first-order valence-electron chi connectivity index (χ1n) is 6.04. The zero-order chi connectivity index (χ0) is 11.4. The lowest BCUT2D eigenvalue weighted by Crippen LogP contribution is -2.35. The minimum absolute atomic E-state index is 0.804. The van der Waals surface area contributed by atoms with Crippen LogP contribution >= 0.6 is 0 Å². The molecule has 2 heterocycles. The van der Waals surface area contributed by atoms with Gasteiger partial charge in [-0.15, -0.1) is 0 Å². The molecule has 88 valence electrons. The molecular weight excluding hydrogens is 200 g/mol. The predicted molar refractivity (Wildman–Crippen MR) is 65.4 cm³/mol. The van der Waals surface area contributed by atoms with Gasteiger partial charge in [0.25, 0.3) is 0 Å². The van der Waals surface area contributed by atoms with Crippen molar-refractivity contribution in [1.29, 1.82) is 0 Å². The summed E-state index contributed by atoms with van der Waals surface area (Å²) in [5.74, 6) is 1.85. The third-order valence-corrected chi connectivity index (χ3v) is 3.34. The maximum absolute atomic E-state index is 5.59. The van der Waals surface area contributed by atoms with Crippen molar-refractivity contribution in [2.75, 3.05) is 24.5 Å². The number of nitrogens with two attached hydrogens (primary N) is 1. The van der Waals surface area contributed by atoms with Crippen LogP contribution in [-0.4, -0.2) is 29.6 Å². The zero-order valence-electron chi connectivity index (χ0n) is 9.89. The number of aryl methyl sites for hydroxylation is 1. The number of hydrogen-bond acceptors (Lipinski definition) is 4. The number of piperidine rings is 1. The van der Waals surface area contributed by atoms with Gasteiger partial charge >= 0.3 is 0 Å². The van der Waals surface area contributed by atoms with Gasteiger partial charge in [0.2, 0.25) is 0 Å². The van der Waals surface area contributed by atoms with Gasteiger partial charge in [0.05, 0.1) is 5.69 Å². The van der Waals surface area contributed by atoms with Crippen LogP contribution in [-0.2, 0) is 0 Å². The van der Waals surface area contributed by atoms with Gasteiger partial charge in [-0.1, -0.05) is 0 Å². The van der Waals surface area contributed by atoms with E-state index in [1.165, 1.54) is 12.8 Å². The fourth-order valence-electron chi connectivity index (χ4n) is 2.38. The third-order valence-electron chi connectivity index (χ3n) is 3.34. The summed E-state index contributed by atoms with van der Waals surface area (Å²) < 4.78 is 0. The van der Waals surface area contributed by atoms with Crippen molar-refractivity contribution in [3.05, 3.63) is 18.1 Å². The van der Waals surface area contributed by atoms with E-state index in [1.807, 2.05) is 6.92 Å². The van der Waals surface area contributed by atoms with Crippen LogP contribution in [0, 0.1) is 12.8 Å². The first-order chi connectivity index (χ1) is 7.81. The molecule has 0 bridgehead atoms. The monoisotopic (exact) mass is 220 g/mol. The van der Waals surface area contributed by atoms with E-state index < -0.39 is 0 Å². The normalized spacial score (nSPS) is 17.8. The molecule has 0 atom stereocenters. The lowest BCUT2D eigenvalue weighted by Gasteiger charge is -2.33. The lowest BCUT2D eigenvalue weighted by molar-refractivity contribution is 0.384. The van der Waals surface area contributed by atoms with Crippen molar-refractivity contribution in [3.63, 3.8) is 0 Å². The minimum atomic E-state index is 0.804. The summed E-state index contributed by atoms with van der Waals surface area (Å²) in [6.45, 7) is 5.01. The van der Waals surface area contributed by atoms with E-state index in [4.69, 9.17) is 5.73 Å². The Morgan fingerprint density at radius 2 is 2.00 bits per heavy atom. The quantitative estimate of drug-likeness (QED) is 0.835. The molecule has 1 aliphatic rings. The van der Waals surface area contributed by atoms with E-state index in [9.17, 15) is 0 Å². The number of anilines is 1. The van der Waals surface area contributed by atoms with Gasteiger partial charge in [-0.25, -0.2) is 4.98 Å². The van der Waals surface area contributed by atoms with E-state index in [0.29, 0.717) is 0 Å². The summed E-state index contributed by atoms with van der Waals surface area (Å²) in [4.78, 5) is 11.0. The Morgan fingerprint density at radius 3 is 2.62 bits per heavy atom. The van der Waals surface area contributed by atoms with Crippen LogP contribution in [0.25, 0.3) is 0 Å². The zero-order valence-corrected chi connectivity index (χ0v) is 9.89. The Balaban J connectivity index is 1.96. The fourth-order valence-corrected chi connectivity index (χ4v) is 2.38. The molecule has 0 spiro atoms. The molecule has 2 N–H and O–H groups in total. The largest absolute Gasteiger partial charge is 0.355 e. The second-order valence-electron chi connectivity index (χ2n) is 4.47. The van der Waals surface area contributed by atoms with E-state index in [-0.39, 0.29) is 0 Å². The summed E-state index contributed by atoms with van der Waals surface area (Å²) in [5, 5.41) is 0. The molecule has 0 aromatic carbocycles. The summed E-state index contributed by atoms with van der Waals surface area (Å²) in [6, 6.07) is 0. The number of aromatic nitrogens is 2. The highest BCUT2D eigenvalue weighted by atomic mass is 15.2. The molecule has 4 nitrogen and oxygen atoms in total. The maximum Gasteiger partial charge on any atom is 0.150 e. The summed E-state index contributed by atoms with van der Waals surface area (Å²) in [7, 11) is 0. The van der Waals surface area contributed by atoms with Crippen LogP contribution in [0.3, 0.4) is 0 Å². The summed E-state index contributed by atoms with van der Waals surface area (Å²) in [5.41, 5.74) is 6.62. The minimum Gasteiger partial charge on any atom is -0.355 e. The smallest absolute Gasteiger partial charge is 0.150 e. The van der Waals surface area contributed by atoms with Crippen LogP contribution in [0.1, 0.15) is 25.0 Å². The van der Waals surface area contributed by atoms with Crippen LogP contribution in [0.2, 0.25) is 0 Å². The van der Waals surface area contributed by atoms with Gasteiger partial charge in [0.1, 0.15) is 5.82 Å². The van der Waals surface area contributed by atoms with Gasteiger partial charge in [-0.2, -0.15) is 0 Å². The van der Waals surface area contributed by atoms with Gasteiger partial charge in [0.15, 0.2) is 0 Å². The molecule has 16 heavy (non-hydrogen) atoms. The fraction of sp³-hybridized carbons (Fsp3) is 0.667. The third kappa shape index (κ3) is 2.50. The molecule has 0 aliphatic carbocycles. The van der Waals surface area contributed by atoms with Gasteiger partial charge in [0, 0.05) is 25.5 Å². The van der Waals surface area contributed by atoms with Crippen LogP contribution in [0.15, 0.2) is 12.4 Å². The van der Waals surface area contributed by atoms with Crippen LogP contribution in [0.5, 0.6) is 0 Å². The van der Waals surface area contributed by atoms with Gasteiger partial charge < -0.3 is 10.6 Å². The van der Waals surface area contributed by atoms with Crippen molar-refractivity contribution in [3.8, 4) is 0 Å². The molecule has 1 aliphatic heterocycles. The van der Waals surface area contributed by atoms with Crippen molar-refractivity contribution < 1.29 is 0 Å². The molecule has 4 heteroatoms. The standard InChI is InChI=1S/C12H20N4/c1-10-12(15-7-6-14-10)16-8-3-11(2-5-13)4-9-16/h6-7,11H,2-5,8-9,13H2,1H3. The molecule has 0 unspecified atom stereocenters. The molecule has 2 rings (SSSR count). The Hall–Kier alpha value is -1.16. The molecule has 1 saturated heterocycles. The maximum atomic E-state index is 5.59. The second kappa shape index (κ2) is 5.25. The Kier molecular flexibility index (Phi) is 3.72. The molecule has 1 fully saturated rings. The second-order valence-corrected chi connectivity index (χ2v) is 4.47. The van der Waals surface area contributed by atoms with Crippen molar-refractivity contribution in [2.45, 2.75) is 26.2 Å². The number of nitrogens with zero attached hydrogens (tertiary/aromatic N) is 3. The highest BCUT2D eigenvalue weighted by molar-refractivity contribution is 5.42. The highest BCUT2D eigenvalue weighted by Gasteiger charge is 2.20. The van der Waals surface area contributed by atoms with E-state index in [0.717, 1.165) is 43.5 Å². The first kappa shape index (κ1) is 11.3. The Labute approximate surface area is 96.9 Å². The Morgan fingerprint density at radius 1 is 1.31 bits per heavy atom. The van der Waals surface area contributed by atoms with E-state index >= 15 is 0 Å². The van der Waals surface area contributed by atoms with Crippen molar-refractivity contribution >= 4 is 5.82 Å². The molecule has 1 aromatic heterocycles. The summed E-state index contributed by atoms with van der Waals surface area (Å²) >= 11 is 0. The summed E-state index contributed by atoms with van der Waals surface area (Å²) in [6.07, 6.45) is 7.14. The SMILES string of the molecule is Cc1nccnc1N1CCC(CCN)CC1. The topological polar surface area (TPSA) is 55.0 Å². The lowest BCUT2D eigenvalue weighted by atomic mass is 9.93.